The van der Waals surface area contributed by atoms with Crippen LogP contribution >= 0.6 is 0 Å². The van der Waals surface area contributed by atoms with Crippen LogP contribution in [0.15, 0.2) is 36.7 Å². The summed E-state index contributed by atoms with van der Waals surface area (Å²) in [5.74, 6) is 0.272. The molecule has 1 aliphatic rings. The number of hydrogen-bond acceptors (Lipinski definition) is 8. The maximum Gasteiger partial charge on any atom is 0.251 e. The number of nitrogens with two attached hydrogens (primary N) is 1. The first-order valence-electron chi connectivity index (χ1n) is 10.7. The number of alkyl halides is 1. The predicted octanol–water partition coefficient (Wildman–Crippen LogP) is 2.05. The van der Waals surface area contributed by atoms with E-state index in [-0.39, 0.29) is 12.2 Å². The van der Waals surface area contributed by atoms with Crippen molar-refractivity contribution in [2.24, 2.45) is 5.73 Å². The van der Waals surface area contributed by atoms with Crippen LogP contribution in [0.3, 0.4) is 0 Å². The topological polar surface area (TPSA) is 135 Å². The van der Waals surface area contributed by atoms with Gasteiger partial charge in [0.2, 0.25) is 0 Å². The van der Waals surface area contributed by atoms with E-state index in [4.69, 9.17) is 10.5 Å². The molecule has 2 atom stereocenters. The lowest BCUT2D eigenvalue weighted by atomic mass is 10.0. The van der Waals surface area contributed by atoms with Gasteiger partial charge >= 0.3 is 0 Å². The van der Waals surface area contributed by atoms with E-state index in [2.05, 4.69) is 25.6 Å². The molecule has 0 radical (unpaired) electrons. The lowest BCUT2D eigenvalue weighted by Gasteiger charge is -2.28. The van der Waals surface area contributed by atoms with Crippen LogP contribution < -0.4 is 21.1 Å². The minimum Gasteiger partial charge on any atom is -0.491 e. The molecule has 0 aliphatic carbocycles. The molecule has 1 aliphatic heterocycles. The Morgan fingerprint density at radius 1 is 1.30 bits per heavy atom. The van der Waals surface area contributed by atoms with Gasteiger partial charge in [-0.1, -0.05) is 0 Å². The monoisotopic (exact) mass is 454 g/mol. The van der Waals surface area contributed by atoms with E-state index in [1.165, 1.54) is 6.33 Å². The van der Waals surface area contributed by atoms with Crippen LogP contribution in [0, 0.1) is 0 Å². The number of amides is 1. The van der Waals surface area contributed by atoms with E-state index in [0.717, 1.165) is 0 Å². The molecular weight excluding hydrogens is 427 g/mol. The Labute approximate surface area is 190 Å². The Balaban J connectivity index is 1.71. The second kappa shape index (κ2) is 9.24. The molecule has 10 heteroatoms. The van der Waals surface area contributed by atoms with Gasteiger partial charge in [0.15, 0.2) is 5.82 Å². The summed E-state index contributed by atoms with van der Waals surface area (Å²) in [6, 6.07) is 8.18. The minimum absolute atomic E-state index is 0.143. The number of piperidine rings is 1. The number of hydrogen-bond donors (Lipinski definition) is 4. The Morgan fingerprint density at radius 2 is 2.06 bits per heavy atom. The zero-order valence-electron chi connectivity index (χ0n) is 18.5. The van der Waals surface area contributed by atoms with E-state index < -0.39 is 23.7 Å². The fraction of sp³-hybridized carbons (Fsp3) is 0.391. The molecule has 5 N–H and O–H groups in total. The van der Waals surface area contributed by atoms with Crippen LogP contribution in [0.4, 0.5) is 10.2 Å². The molecule has 33 heavy (non-hydrogen) atoms. The van der Waals surface area contributed by atoms with E-state index in [1.807, 2.05) is 0 Å². The average Bonchev–Trinajstić information content (AvgIpc) is 2.78. The number of ether oxygens (including phenoxy) is 1. The fourth-order valence-corrected chi connectivity index (χ4v) is 3.61. The number of primary amides is 1. The van der Waals surface area contributed by atoms with Gasteiger partial charge in [-0.2, -0.15) is 0 Å². The van der Waals surface area contributed by atoms with Gasteiger partial charge in [-0.25, -0.2) is 19.3 Å². The summed E-state index contributed by atoms with van der Waals surface area (Å²) in [7, 11) is 0. The highest BCUT2D eigenvalue weighted by atomic mass is 19.1. The maximum absolute atomic E-state index is 14.4. The highest BCUT2D eigenvalue weighted by Gasteiger charge is 2.26. The molecule has 0 saturated carbocycles. The standard InChI is InChI=1S/C23H27FN6O3/c1-23(2,32)11-33-14-5-3-13(4-6-14)17-9-15(21(25)31)19-20(29-17)22(28-12-27-19)30-18-10-26-8-7-16(18)24/h3-6,9,12,16,18,26,32H,7-8,10-11H2,1-2H3,(H2,25,31)(H,27,28,30)/t16-,18-/m1/s1. The van der Waals surface area contributed by atoms with E-state index in [1.54, 1.807) is 44.2 Å². The molecule has 1 amide bonds. The quantitative estimate of drug-likeness (QED) is 0.426. The van der Waals surface area contributed by atoms with E-state index in [0.29, 0.717) is 53.4 Å². The molecule has 3 heterocycles. The van der Waals surface area contributed by atoms with Gasteiger partial charge in [-0.3, -0.25) is 4.79 Å². The molecule has 3 aromatic rings. The summed E-state index contributed by atoms with van der Waals surface area (Å²) in [5.41, 5.74) is 6.71. The number of aliphatic hydroxyl groups is 1. The highest BCUT2D eigenvalue weighted by molar-refractivity contribution is 6.06. The normalized spacial score (nSPS) is 18.8. The van der Waals surface area contributed by atoms with Crippen molar-refractivity contribution >= 4 is 22.8 Å². The Kier molecular flexibility index (Phi) is 6.39. The molecule has 1 saturated heterocycles. The van der Waals surface area contributed by atoms with Crippen LogP contribution in [0.2, 0.25) is 0 Å². The van der Waals surface area contributed by atoms with Crippen molar-refractivity contribution in [2.45, 2.75) is 38.1 Å². The molecule has 0 spiro atoms. The molecular formula is C23H27FN6O3. The van der Waals surface area contributed by atoms with Gasteiger partial charge in [0.25, 0.3) is 5.91 Å². The smallest absolute Gasteiger partial charge is 0.251 e. The van der Waals surface area contributed by atoms with Crippen LogP contribution in [0.1, 0.15) is 30.6 Å². The van der Waals surface area contributed by atoms with Crippen molar-refractivity contribution < 1.29 is 19.0 Å². The van der Waals surface area contributed by atoms with Crippen LogP contribution in [-0.2, 0) is 0 Å². The molecule has 4 rings (SSSR count). The van der Waals surface area contributed by atoms with Crippen LogP contribution in [0.25, 0.3) is 22.3 Å². The van der Waals surface area contributed by atoms with Gasteiger partial charge in [0, 0.05) is 12.1 Å². The third-order valence-corrected chi connectivity index (χ3v) is 5.32. The summed E-state index contributed by atoms with van der Waals surface area (Å²) in [6.45, 7) is 4.53. The third kappa shape index (κ3) is 5.35. The van der Waals surface area contributed by atoms with Crippen molar-refractivity contribution in [2.75, 3.05) is 25.0 Å². The molecule has 174 valence electrons. The number of anilines is 1. The molecule has 1 fully saturated rings. The largest absolute Gasteiger partial charge is 0.491 e. The summed E-state index contributed by atoms with van der Waals surface area (Å²) < 4.78 is 20.0. The first-order valence-corrected chi connectivity index (χ1v) is 10.7. The average molecular weight is 455 g/mol. The molecule has 1 aromatic carbocycles. The Hall–Kier alpha value is -3.37. The van der Waals surface area contributed by atoms with Crippen molar-refractivity contribution in [1.82, 2.24) is 20.3 Å². The van der Waals surface area contributed by atoms with Gasteiger partial charge in [0.1, 0.15) is 35.9 Å². The number of nitrogens with zero attached hydrogens (tertiary/aromatic N) is 3. The predicted molar refractivity (Wildman–Crippen MR) is 123 cm³/mol. The van der Waals surface area contributed by atoms with Crippen molar-refractivity contribution in [3.05, 3.63) is 42.2 Å². The summed E-state index contributed by atoms with van der Waals surface area (Å²) >= 11 is 0. The molecule has 9 nitrogen and oxygen atoms in total. The third-order valence-electron chi connectivity index (χ3n) is 5.32. The number of pyridine rings is 1. The zero-order valence-corrected chi connectivity index (χ0v) is 18.5. The number of aromatic nitrogens is 3. The lowest BCUT2D eigenvalue weighted by molar-refractivity contribution is 0.0285. The highest BCUT2D eigenvalue weighted by Crippen LogP contribution is 2.29. The van der Waals surface area contributed by atoms with Gasteiger partial charge in [0.05, 0.1) is 22.9 Å². The number of nitrogens with one attached hydrogen (secondary N) is 2. The van der Waals surface area contributed by atoms with E-state index in [9.17, 15) is 14.3 Å². The van der Waals surface area contributed by atoms with Crippen molar-refractivity contribution in [3.8, 4) is 17.0 Å². The maximum atomic E-state index is 14.4. The van der Waals surface area contributed by atoms with Crippen LogP contribution in [-0.4, -0.2) is 63.5 Å². The SMILES string of the molecule is CC(C)(O)COc1ccc(-c2cc(C(N)=O)c3ncnc(N[C@@H]4CNCC[C@H]4F)c3n2)cc1. The number of benzene rings is 1. The first-order chi connectivity index (χ1) is 15.7. The van der Waals surface area contributed by atoms with Crippen LogP contribution in [0.5, 0.6) is 5.75 Å². The van der Waals surface area contributed by atoms with Gasteiger partial charge in [-0.15, -0.1) is 0 Å². The number of carbonyl (C=O) groups is 1. The Bertz CT molecular complexity index is 1150. The summed E-state index contributed by atoms with van der Waals surface area (Å²) in [6.07, 6.45) is 0.663. The van der Waals surface area contributed by atoms with Crippen molar-refractivity contribution in [1.29, 1.82) is 0 Å². The Morgan fingerprint density at radius 3 is 2.73 bits per heavy atom. The second-order valence-electron chi connectivity index (χ2n) is 8.72. The van der Waals surface area contributed by atoms with Gasteiger partial charge in [-0.05, 0) is 57.1 Å². The lowest BCUT2D eigenvalue weighted by Crippen LogP contribution is -2.46. The molecule has 0 bridgehead atoms. The number of fused-ring (bicyclic) bond motifs is 1. The fourth-order valence-electron chi connectivity index (χ4n) is 3.61. The molecule has 2 aromatic heterocycles. The number of rotatable bonds is 7. The van der Waals surface area contributed by atoms with E-state index >= 15 is 0 Å². The van der Waals surface area contributed by atoms with Gasteiger partial charge < -0.3 is 26.2 Å². The van der Waals surface area contributed by atoms with Crippen molar-refractivity contribution in [3.63, 3.8) is 0 Å². The number of halogens is 1. The zero-order chi connectivity index (χ0) is 23.6. The second-order valence-corrected chi connectivity index (χ2v) is 8.72. The molecule has 0 unspecified atom stereocenters. The number of carbonyl (C=O) groups excluding carboxylic acids is 1. The first kappa shape index (κ1) is 22.8. The summed E-state index contributed by atoms with van der Waals surface area (Å²) in [5, 5.41) is 16.1. The minimum atomic E-state index is -1.04. The summed E-state index contributed by atoms with van der Waals surface area (Å²) in [4.78, 5) is 25.3.